The molecule has 0 saturated heterocycles. The summed E-state index contributed by atoms with van der Waals surface area (Å²) >= 11 is 1.52. The molecule has 2 aromatic heterocycles. The van der Waals surface area contributed by atoms with Gasteiger partial charge in [0.25, 0.3) is 5.69 Å². The van der Waals surface area contributed by atoms with Crippen LogP contribution in [0.4, 0.5) is 11.5 Å². The van der Waals surface area contributed by atoms with E-state index in [9.17, 15) is 10.1 Å². The molecule has 7 heteroatoms. The Morgan fingerprint density at radius 2 is 2.31 bits per heavy atom. The van der Waals surface area contributed by atoms with Gasteiger partial charge in [-0.05, 0) is 0 Å². The van der Waals surface area contributed by atoms with Crippen LogP contribution >= 0.6 is 11.3 Å². The molecule has 0 bridgehead atoms. The molecule has 16 heavy (non-hydrogen) atoms. The molecule has 0 spiro atoms. The number of rotatable bonds is 4. The van der Waals surface area contributed by atoms with Gasteiger partial charge in [0.2, 0.25) is 0 Å². The molecule has 0 aliphatic carbocycles. The third-order valence-corrected chi connectivity index (χ3v) is 2.64. The summed E-state index contributed by atoms with van der Waals surface area (Å²) in [5.74, 6) is 0.476. The van der Waals surface area contributed by atoms with E-state index < -0.39 is 4.92 Å². The van der Waals surface area contributed by atoms with Gasteiger partial charge in [0, 0.05) is 23.8 Å². The van der Waals surface area contributed by atoms with E-state index in [2.05, 4.69) is 15.3 Å². The van der Waals surface area contributed by atoms with Crippen molar-refractivity contribution in [3.8, 4) is 0 Å². The lowest BCUT2D eigenvalue weighted by molar-refractivity contribution is -0.384. The number of nitrogens with zero attached hydrogens (tertiary/aromatic N) is 3. The highest BCUT2D eigenvalue weighted by Gasteiger charge is 2.06. The summed E-state index contributed by atoms with van der Waals surface area (Å²) in [5, 5.41) is 16.3. The summed E-state index contributed by atoms with van der Waals surface area (Å²) in [7, 11) is 0. The second-order valence-electron chi connectivity index (χ2n) is 2.94. The summed E-state index contributed by atoms with van der Waals surface area (Å²) in [6, 6.07) is 2.75. The van der Waals surface area contributed by atoms with E-state index in [1.54, 1.807) is 6.20 Å². The van der Waals surface area contributed by atoms with E-state index in [1.807, 2.05) is 5.38 Å². The molecule has 0 radical (unpaired) electrons. The van der Waals surface area contributed by atoms with E-state index in [0.717, 1.165) is 5.01 Å². The Balaban J connectivity index is 2.04. The molecule has 0 amide bonds. The average Bonchev–Trinajstić information content (AvgIpc) is 2.79. The molecule has 0 saturated carbocycles. The van der Waals surface area contributed by atoms with E-state index in [4.69, 9.17) is 0 Å². The fourth-order valence-electron chi connectivity index (χ4n) is 1.14. The van der Waals surface area contributed by atoms with Crippen molar-refractivity contribution in [3.63, 3.8) is 0 Å². The van der Waals surface area contributed by atoms with Gasteiger partial charge in [-0.1, -0.05) is 0 Å². The first-order valence-corrected chi connectivity index (χ1v) is 5.36. The topological polar surface area (TPSA) is 81.0 Å². The third-order valence-electron chi connectivity index (χ3n) is 1.86. The van der Waals surface area contributed by atoms with Crippen LogP contribution < -0.4 is 5.32 Å². The van der Waals surface area contributed by atoms with Crippen LogP contribution in [-0.4, -0.2) is 14.9 Å². The average molecular weight is 236 g/mol. The van der Waals surface area contributed by atoms with E-state index in [-0.39, 0.29) is 5.69 Å². The first-order valence-electron chi connectivity index (χ1n) is 4.48. The van der Waals surface area contributed by atoms with E-state index >= 15 is 0 Å². The number of aromatic nitrogens is 2. The highest BCUT2D eigenvalue weighted by molar-refractivity contribution is 7.09. The predicted octanol–water partition coefficient (Wildman–Crippen LogP) is 2.06. The molecule has 82 valence electrons. The molecule has 2 heterocycles. The first kappa shape index (κ1) is 10.5. The number of hydrogen-bond acceptors (Lipinski definition) is 6. The van der Waals surface area contributed by atoms with E-state index in [0.29, 0.717) is 12.4 Å². The molecular formula is C9H8N4O2S. The predicted molar refractivity (Wildman–Crippen MR) is 60.3 cm³/mol. The Morgan fingerprint density at radius 3 is 3.00 bits per heavy atom. The summed E-state index contributed by atoms with van der Waals surface area (Å²) < 4.78 is 0. The fraction of sp³-hybridized carbons (Fsp3) is 0.111. The summed E-state index contributed by atoms with van der Waals surface area (Å²) in [4.78, 5) is 18.1. The number of hydrogen-bond donors (Lipinski definition) is 1. The number of pyridine rings is 1. The second kappa shape index (κ2) is 4.67. The zero-order valence-corrected chi connectivity index (χ0v) is 8.98. The van der Waals surface area contributed by atoms with Crippen LogP contribution in [0, 0.1) is 10.1 Å². The maximum atomic E-state index is 10.5. The molecule has 2 aromatic rings. The molecule has 0 unspecified atom stereocenters. The van der Waals surface area contributed by atoms with Crippen LogP contribution in [0.5, 0.6) is 0 Å². The number of anilines is 1. The quantitative estimate of drug-likeness (QED) is 0.649. The summed E-state index contributed by atoms with van der Waals surface area (Å²) in [6.07, 6.45) is 3.12. The number of nitrogens with one attached hydrogen (secondary N) is 1. The Bertz CT molecular complexity index is 486. The molecular weight excluding hydrogens is 228 g/mol. The molecule has 0 aliphatic heterocycles. The number of nitro groups is 1. The monoisotopic (exact) mass is 236 g/mol. The van der Waals surface area contributed by atoms with Gasteiger partial charge >= 0.3 is 0 Å². The SMILES string of the molecule is O=[N+]([O-])c1ccnc(NCc2nccs2)c1. The van der Waals surface area contributed by atoms with Crippen molar-refractivity contribution in [1.82, 2.24) is 9.97 Å². The van der Waals surface area contributed by atoms with Gasteiger partial charge in [0.05, 0.1) is 17.5 Å². The molecule has 0 fully saturated rings. The van der Waals surface area contributed by atoms with Gasteiger partial charge in [0.15, 0.2) is 0 Å². The van der Waals surface area contributed by atoms with Crippen LogP contribution in [0.3, 0.4) is 0 Å². The molecule has 1 N–H and O–H groups in total. The van der Waals surface area contributed by atoms with Crippen LogP contribution in [0.25, 0.3) is 0 Å². The van der Waals surface area contributed by atoms with Crippen LogP contribution in [-0.2, 0) is 6.54 Å². The standard InChI is InChI=1S/C9H8N4O2S/c14-13(15)7-1-2-10-8(5-7)12-6-9-11-3-4-16-9/h1-5H,6H2,(H,10,12). The molecule has 0 aromatic carbocycles. The lowest BCUT2D eigenvalue weighted by Crippen LogP contribution is -2.01. The number of thiazole rings is 1. The van der Waals surface area contributed by atoms with Crippen molar-refractivity contribution in [2.75, 3.05) is 5.32 Å². The largest absolute Gasteiger partial charge is 0.363 e. The Morgan fingerprint density at radius 1 is 1.44 bits per heavy atom. The molecule has 6 nitrogen and oxygen atoms in total. The first-order chi connectivity index (χ1) is 7.75. The minimum Gasteiger partial charge on any atom is -0.363 e. The van der Waals surface area contributed by atoms with Gasteiger partial charge in [0.1, 0.15) is 10.8 Å². The zero-order valence-electron chi connectivity index (χ0n) is 8.16. The zero-order chi connectivity index (χ0) is 11.4. The van der Waals surface area contributed by atoms with Crippen molar-refractivity contribution < 1.29 is 4.92 Å². The van der Waals surface area contributed by atoms with Gasteiger partial charge in [-0.3, -0.25) is 10.1 Å². The Labute approximate surface area is 95.1 Å². The fourth-order valence-corrected chi connectivity index (χ4v) is 1.69. The maximum absolute atomic E-state index is 10.5. The Hall–Kier alpha value is -2.02. The molecule has 2 rings (SSSR count). The van der Waals surface area contributed by atoms with Crippen molar-refractivity contribution in [3.05, 3.63) is 45.0 Å². The van der Waals surface area contributed by atoms with Gasteiger partial charge in [-0.2, -0.15) is 0 Å². The maximum Gasteiger partial charge on any atom is 0.274 e. The smallest absolute Gasteiger partial charge is 0.274 e. The van der Waals surface area contributed by atoms with Crippen molar-refractivity contribution in [2.45, 2.75) is 6.54 Å². The van der Waals surface area contributed by atoms with Gasteiger partial charge < -0.3 is 5.32 Å². The van der Waals surface area contributed by atoms with Gasteiger partial charge in [-0.25, -0.2) is 9.97 Å². The van der Waals surface area contributed by atoms with Crippen LogP contribution in [0.2, 0.25) is 0 Å². The summed E-state index contributed by atoms with van der Waals surface area (Å²) in [6.45, 7) is 0.520. The van der Waals surface area contributed by atoms with Crippen molar-refractivity contribution in [2.24, 2.45) is 0 Å². The van der Waals surface area contributed by atoms with Crippen LogP contribution in [0.15, 0.2) is 29.9 Å². The van der Waals surface area contributed by atoms with Crippen molar-refractivity contribution >= 4 is 22.8 Å². The van der Waals surface area contributed by atoms with Gasteiger partial charge in [-0.15, -0.1) is 11.3 Å². The minimum absolute atomic E-state index is 0.0247. The second-order valence-corrected chi connectivity index (χ2v) is 3.91. The highest BCUT2D eigenvalue weighted by atomic mass is 32.1. The van der Waals surface area contributed by atoms with Crippen LogP contribution in [0.1, 0.15) is 5.01 Å². The molecule has 0 atom stereocenters. The minimum atomic E-state index is -0.448. The van der Waals surface area contributed by atoms with E-state index in [1.165, 1.54) is 29.7 Å². The summed E-state index contributed by atoms with van der Waals surface area (Å²) in [5.41, 5.74) is 0.0247. The lowest BCUT2D eigenvalue weighted by Gasteiger charge is -2.02. The van der Waals surface area contributed by atoms with Crippen molar-refractivity contribution in [1.29, 1.82) is 0 Å². The lowest BCUT2D eigenvalue weighted by atomic mass is 10.4. The Kier molecular flexibility index (Phi) is 3.06. The molecule has 0 aliphatic rings. The highest BCUT2D eigenvalue weighted by Crippen LogP contribution is 2.15. The third kappa shape index (κ3) is 2.51. The normalized spacial score (nSPS) is 10.0.